The van der Waals surface area contributed by atoms with Crippen molar-refractivity contribution in [2.75, 3.05) is 18.9 Å². The summed E-state index contributed by atoms with van der Waals surface area (Å²) in [5, 5.41) is 2.97. The molecule has 0 radical (unpaired) electrons. The molecule has 1 atom stereocenters. The third-order valence-corrected chi connectivity index (χ3v) is 3.97. The summed E-state index contributed by atoms with van der Waals surface area (Å²) in [6, 6.07) is 14.5. The average Bonchev–Trinajstić information content (AvgIpc) is 2.43. The molecule has 96 valence electrons. The van der Waals surface area contributed by atoms with E-state index in [-0.39, 0.29) is 0 Å². The van der Waals surface area contributed by atoms with Crippen molar-refractivity contribution < 1.29 is 4.74 Å². The van der Waals surface area contributed by atoms with E-state index in [2.05, 4.69) is 31.2 Å². The molecular weight excluding hydrogens is 242 g/mol. The average molecular weight is 261 g/mol. The highest BCUT2D eigenvalue weighted by atomic mass is 32.2. The molecule has 2 aromatic carbocycles. The van der Waals surface area contributed by atoms with Crippen LogP contribution in [0.1, 0.15) is 6.92 Å². The summed E-state index contributed by atoms with van der Waals surface area (Å²) in [4.78, 5) is 0. The van der Waals surface area contributed by atoms with Gasteiger partial charge >= 0.3 is 0 Å². The molecular formula is C15H19NOS. The molecule has 0 aromatic heterocycles. The Labute approximate surface area is 113 Å². The van der Waals surface area contributed by atoms with Crippen molar-refractivity contribution in [3.8, 4) is 5.75 Å². The summed E-state index contributed by atoms with van der Waals surface area (Å²) in [6.45, 7) is 3.59. The van der Waals surface area contributed by atoms with E-state index in [1.165, 1.54) is 10.8 Å². The molecule has 2 nitrogen and oxygen atoms in total. The summed E-state index contributed by atoms with van der Waals surface area (Å²) in [6.07, 6.45) is 0. The molecule has 2 rings (SSSR count). The zero-order chi connectivity index (χ0) is 12.8. The Hall–Kier alpha value is -1.19. The van der Waals surface area contributed by atoms with Gasteiger partial charge in [0.2, 0.25) is 0 Å². The zero-order valence-corrected chi connectivity index (χ0v) is 11.5. The molecule has 2 N–H and O–H groups in total. The van der Waals surface area contributed by atoms with Gasteiger partial charge in [0.15, 0.2) is 0 Å². The van der Waals surface area contributed by atoms with Crippen molar-refractivity contribution in [1.29, 1.82) is 0 Å². The Bertz CT molecular complexity index is 501. The summed E-state index contributed by atoms with van der Waals surface area (Å²) in [5.41, 5.74) is 5.57. The van der Waals surface area contributed by atoms with E-state index >= 15 is 0 Å². The standard InChI is InChI=1S/C15H19NOS/c1-12(11-16)18-9-8-17-15-7-6-13-4-2-3-5-14(13)10-15/h2-7,10,12H,8-9,11,16H2,1H3. The highest BCUT2D eigenvalue weighted by molar-refractivity contribution is 7.99. The van der Waals surface area contributed by atoms with Crippen molar-refractivity contribution in [3.05, 3.63) is 42.5 Å². The summed E-state index contributed by atoms with van der Waals surface area (Å²) < 4.78 is 5.75. The minimum Gasteiger partial charge on any atom is -0.493 e. The molecule has 0 fully saturated rings. The molecule has 0 heterocycles. The van der Waals surface area contributed by atoms with Crippen LogP contribution in [0.3, 0.4) is 0 Å². The third-order valence-electron chi connectivity index (χ3n) is 2.81. The Morgan fingerprint density at radius 2 is 1.94 bits per heavy atom. The molecule has 0 amide bonds. The first-order valence-corrected chi connectivity index (χ1v) is 7.28. The fraction of sp³-hybridized carbons (Fsp3) is 0.333. The van der Waals surface area contributed by atoms with E-state index in [0.29, 0.717) is 5.25 Å². The van der Waals surface area contributed by atoms with Gasteiger partial charge < -0.3 is 10.5 Å². The second-order valence-electron chi connectivity index (χ2n) is 4.27. The molecule has 0 spiro atoms. The smallest absolute Gasteiger partial charge is 0.119 e. The number of fused-ring (bicyclic) bond motifs is 1. The number of thioether (sulfide) groups is 1. The normalized spacial score (nSPS) is 12.6. The van der Waals surface area contributed by atoms with Gasteiger partial charge in [-0.2, -0.15) is 11.8 Å². The van der Waals surface area contributed by atoms with Gasteiger partial charge in [-0.25, -0.2) is 0 Å². The van der Waals surface area contributed by atoms with Crippen LogP contribution in [0, 0.1) is 0 Å². The van der Waals surface area contributed by atoms with Gasteiger partial charge in [0.1, 0.15) is 5.75 Å². The van der Waals surface area contributed by atoms with E-state index in [0.717, 1.165) is 24.7 Å². The predicted molar refractivity (Wildman–Crippen MR) is 80.4 cm³/mol. The first-order valence-electron chi connectivity index (χ1n) is 6.23. The van der Waals surface area contributed by atoms with Gasteiger partial charge in [-0.15, -0.1) is 0 Å². The molecule has 0 aliphatic heterocycles. The lowest BCUT2D eigenvalue weighted by molar-refractivity contribution is 0.344. The van der Waals surface area contributed by atoms with Gasteiger partial charge in [-0.1, -0.05) is 37.3 Å². The van der Waals surface area contributed by atoms with Crippen molar-refractivity contribution in [2.24, 2.45) is 5.73 Å². The van der Waals surface area contributed by atoms with Gasteiger partial charge in [-0.05, 0) is 22.9 Å². The number of ether oxygens (including phenoxy) is 1. The number of hydrogen-bond acceptors (Lipinski definition) is 3. The van der Waals surface area contributed by atoms with E-state index in [1.807, 2.05) is 30.0 Å². The first-order chi connectivity index (χ1) is 8.79. The maximum absolute atomic E-state index is 5.75. The van der Waals surface area contributed by atoms with Gasteiger partial charge in [0, 0.05) is 17.5 Å². The largest absolute Gasteiger partial charge is 0.493 e. The SMILES string of the molecule is CC(CN)SCCOc1ccc2ccccc2c1. The number of hydrogen-bond donors (Lipinski definition) is 1. The molecule has 0 aliphatic carbocycles. The van der Waals surface area contributed by atoms with Crippen LogP contribution in [0.5, 0.6) is 5.75 Å². The van der Waals surface area contributed by atoms with E-state index in [1.54, 1.807) is 0 Å². The van der Waals surface area contributed by atoms with Crippen LogP contribution < -0.4 is 10.5 Å². The maximum atomic E-state index is 5.75. The molecule has 0 saturated heterocycles. The van der Waals surface area contributed by atoms with Gasteiger partial charge in [0.05, 0.1) is 6.61 Å². The highest BCUT2D eigenvalue weighted by Crippen LogP contribution is 2.20. The fourth-order valence-corrected chi connectivity index (χ4v) is 2.45. The van der Waals surface area contributed by atoms with Crippen LogP contribution in [0.25, 0.3) is 10.8 Å². The molecule has 18 heavy (non-hydrogen) atoms. The van der Waals surface area contributed by atoms with Crippen molar-refractivity contribution in [3.63, 3.8) is 0 Å². The van der Waals surface area contributed by atoms with Crippen molar-refractivity contribution >= 4 is 22.5 Å². The van der Waals surface area contributed by atoms with Crippen LogP contribution >= 0.6 is 11.8 Å². The van der Waals surface area contributed by atoms with Crippen LogP contribution in [0.2, 0.25) is 0 Å². The molecule has 3 heteroatoms. The lowest BCUT2D eigenvalue weighted by Gasteiger charge is -2.10. The Morgan fingerprint density at radius 1 is 1.17 bits per heavy atom. The van der Waals surface area contributed by atoms with Crippen LogP contribution in [0.4, 0.5) is 0 Å². The second kappa shape index (κ2) is 6.66. The fourth-order valence-electron chi connectivity index (χ4n) is 1.73. The van der Waals surface area contributed by atoms with Crippen molar-refractivity contribution in [1.82, 2.24) is 0 Å². The number of rotatable bonds is 6. The predicted octanol–water partition coefficient (Wildman–Crippen LogP) is 3.30. The van der Waals surface area contributed by atoms with Crippen LogP contribution in [-0.2, 0) is 0 Å². The monoisotopic (exact) mass is 261 g/mol. The topological polar surface area (TPSA) is 35.2 Å². The number of nitrogens with two attached hydrogens (primary N) is 1. The summed E-state index contributed by atoms with van der Waals surface area (Å²) in [7, 11) is 0. The highest BCUT2D eigenvalue weighted by Gasteiger charge is 2.00. The van der Waals surface area contributed by atoms with E-state index in [4.69, 9.17) is 10.5 Å². The van der Waals surface area contributed by atoms with Crippen molar-refractivity contribution in [2.45, 2.75) is 12.2 Å². The second-order valence-corrected chi connectivity index (χ2v) is 5.82. The molecule has 0 saturated carbocycles. The lowest BCUT2D eigenvalue weighted by Crippen LogP contribution is -2.14. The molecule has 0 bridgehead atoms. The third kappa shape index (κ3) is 3.65. The van der Waals surface area contributed by atoms with Crippen LogP contribution in [-0.4, -0.2) is 24.2 Å². The lowest BCUT2D eigenvalue weighted by atomic mass is 10.1. The Kier molecular flexibility index (Phi) is 4.90. The van der Waals surface area contributed by atoms with Crippen LogP contribution in [0.15, 0.2) is 42.5 Å². The Morgan fingerprint density at radius 3 is 2.72 bits per heavy atom. The number of benzene rings is 2. The minimum absolute atomic E-state index is 0.505. The Balaban J connectivity index is 1.88. The van der Waals surface area contributed by atoms with Gasteiger partial charge in [-0.3, -0.25) is 0 Å². The molecule has 0 aliphatic rings. The zero-order valence-electron chi connectivity index (χ0n) is 10.6. The van der Waals surface area contributed by atoms with E-state index < -0.39 is 0 Å². The summed E-state index contributed by atoms with van der Waals surface area (Å²) >= 11 is 1.85. The van der Waals surface area contributed by atoms with E-state index in [9.17, 15) is 0 Å². The minimum atomic E-state index is 0.505. The maximum Gasteiger partial charge on any atom is 0.119 e. The molecule has 2 aromatic rings. The quantitative estimate of drug-likeness (QED) is 0.810. The first kappa shape index (κ1) is 13.2. The summed E-state index contributed by atoms with van der Waals surface area (Å²) in [5.74, 6) is 1.92. The molecule has 1 unspecified atom stereocenters. The van der Waals surface area contributed by atoms with Gasteiger partial charge in [0.25, 0.3) is 0 Å².